The van der Waals surface area contributed by atoms with Crippen molar-refractivity contribution in [3.8, 4) is 0 Å². The van der Waals surface area contributed by atoms with Crippen LogP contribution in [-0.2, 0) is 20.2 Å². The fraction of sp³-hybridized carbons (Fsp3) is 0.600. The number of hydrogen-bond acceptors (Lipinski definition) is 10. The molecule has 2 aromatic carbocycles. The van der Waals surface area contributed by atoms with Gasteiger partial charge < -0.3 is 30.4 Å². The Kier molecular flexibility index (Phi) is 16.4. The van der Waals surface area contributed by atoms with Gasteiger partial charge in [-0.05, 0) is 49.9 Å². The first-order valence-electron chi connectivity index (χ1n) is 15.3. The molecule has 0 amide bonds. The molecule has 43 heavy (non-hydrogen) atoms. The monoisotopic (exact) mass is 662 g/mol. The Labute approximate surface area is 288 Å². The smallest absolute Gasteiger partial charge is 0.744 e. The number of para-hydroxylation sites is 2. The molecule has 0 fully saturated rings. The zero-order valence-electron chi connectivity index (χ0n) is 25.5. The number of anilines is 4. The van der Waals surface area contributed by atoms with Crippen LogP contribution in [0.5, 0.6) is 0 Å². The molecule has 4 N–H and O–H groups in total. The normalized spacial score (nSPS) is 16.7. The van der Waals surface area contributed by atoms with Crippen molar-refractivity contribution in [3.05, 3.63) is 36.4 Å². The summed E-state index contributed by atoms with van der Waals surface area (Å²) >= 11 is 0. The van der Waals surface area contributed by atoms with Gasteiger partial charge in [-0.1, -0.05) is 90.2 Å². The summed E-state index contributed by atoms with van der Waals surface area (Å²) in [5.74, 6) is 0. The average Bonchev–Trinajstić information content (AvgIpc) is 3.55. The molecule has 10 nitrogen and oxygen atoms in total. The van der Waals surface area contributed by atoms with Crippen molar-refractivity contribution < 1.29 is 25.9 Å². The van der Waals surface area contributed by atoms with E-state index in [1.807, 2.05) is 0 Å². The van der Waals surface area contributed by atoms with Crippen molar-refractivity contribution in [2.24, 2.45) is 0 Å². The van der Waals surface area contributed by atoms with Gasteiger partial charge in [-0.15, -0.1) is 0 Å². The maximum absolute atomic E-state index is 11.2. The number of benzene rings is 2. The van der Waals surface area contributed by atoms with Gasteiger partial charge in [-0.25, -0.2) is 16.8 Å². The minimum atomic E-state index is -4.44. The van der Waals surface area contributed by atoms with E-state index in [2.05, 4.69) is 35.1 Å². The Balaban J connectivity index is 0.000000293. The van der Waals surface area contributed by atoms with Crippen molar-refractivity contribution in [2.75, 3.05) is 21.3 Å². The van der Waals surface area contributed by atoms with Crippen molar-refractivity contribution >= 4 is 80.7 Å². The van der Waals surface area contributed by atoms with Gasteiger partial charge in [-0.3, -0.25) is 0 Å². The van der Waals surface area contributed by atoms with E-state index >= 15 is 0 Å². The first kappa shape index (κ1) is 37.9. The molecule has 2 atom stereocenters. The first-order valence-corrected chi connectivity index (χ1v) is 18.1. The number of fused-ring (bicyclic) bond motifs is 2. The summed E-state index contributed by atoms with van der Waals surface area (Å²) in [7, 11) is -8.88. The van der Waals surface area contributed by atoms with Crippen molar-refractivity contribution in [1.29, 1.82) is 0 Å². The van der Waals surface area contributed by atoms with E-state index in [4.69, 9.17) is 0 Å². The fourth-order valence-corrected chi connectivity index (χ4v) is 6.69. The number of hydrogen-bond donors (Lipinski definition) is 4. The molecule has 0 aliphatic carbocycles. The quantitative estimate of drug-likeness (QED) is 0.0872. The molecule has 2 unspecified atom stereocenters. The van der Waals surface area contributed by atoms with Crippen LogP contribution < -0.4 is 21.3 Å². The summed E-state index contributed by atoms with van der Waals surface area (Å²) in [4.78, 5) is -0.337. The maximum atomic E-state index is 11.2. The predicted molar refractivity (Wildman–Crippen MR) is 173 cm³/mol. The molecule has 236 valence electrons. The molecule has 0 bridgehead atoms. The molecular formula is C30H46CaN4O6S2. The van der Waals surface area contributed by atoms with Gasteiger partial charge in [-0.2, -0.15) is 0 Å². The molecule has 4 rings (SSSR count). The van der Waals surface area contributed by atoms with Crippen LogP contribution in [0, 0.1) is 0 Å². The Hall–Kier alpha value is -1.28. The second kappa shape index (κ2) is 18.6. The van der Waals surface area contributed by atoms with Crippen molar-refractivity contribution in [1.82, 2.24) is 0 Å². The van der Waals surface area contributed by atoms with E-state index in [1.165, 1.54) is 76.3 Å². The summed E-state index contributed by atoms with van der Waals surface area (Å²) in [6, 6.07) is 9.46. The number of nitrogens with one attached hydrogen (secondary N) is 4. The van der Waals surface area contributed by atoms with Crippen LogP contribution in [-0.4, -0.2) is 76.0 Å². The van der Waals surface area contributed by atoms with Crippen LogP contribution in [0.3, 0.4) is 0 Å². The SMILES string of the molecule is CCCCCCCCC1Nc2cccc(S(=O)(=O)[O-])c2N1.CCCCCCCCC1Nc2cccc(S(=O)(=O)[O-])c2N1.[Ca+2]. The molecule has 13 heteroatoms. The second-order valence-electron chi connectivity index (χ2n) is 11.1. The van der Waals surface area contributed by atoms with Crippen LogP contribution in [0.15, 0.2) is 46.2 Å². The van der Waals surface area contributed by atoms with Gasteiger partial charge in [0, 0.05) is 0 Å². The Morgan fingerprint density at radius 3 is 1.26 bits per heavy atom. The Bertz CT molecular complexity index is 1250. The van der Waals surface area contributed by atoms with Crippen LogP contribution >= 0.6 is 0 Å². The Morgan fingerprint density at radius 1 is 0.558 bits per heavy atom. The molecular weight excluding hydrogens is 617 g/mol. The largest absolute Gasteiger partial charge is 2.00 e. The molecule has 2 aliphatic heterocycles. The molecule has 0 radical (unpaired) electrons. The predicted octanol–water partition coefficient (Wildman–Crippen LogP) is 6.63. The minimum Gasteiger partial charge on any atom is -0.744 e. The van der Waals surface area contributed by atoms with E-state index in [0.717, 1.165) is 25.7 Å². The number of unbranched alkanes of at least 4 members (excludes halogenated alkanes) is 10. The summed E-state index contributed by atoms with van der Waals surface area (Å²) in [6.45, 7) is 4.40. The third kappa shape index (κ3) is 12.2. The molecule has 0 saturated heterocycles. The van der Waals surface area contributed by atoms with Gasteiger partial charge in [0.1, 0.15) is 20.2 Å². The van der Waals surface area contributed by atoms with Gasteiger partial charge in [0.25, 0.3) is 0 Å². The third-order valence-corrected chi connectivity index (χ3v) is 9.34. The summed E-state index contributed by atoms with van der Waals surface area (Å²) in [5.41, 5.74) is 2.23. The van der Waals surface area contributed by atoms with Gasteiger partial charge in [0.15, 0.2) is 0 Å². The standard InChI is InChI=1S/2C15H24N2O3S.Ca/c2*1-2-3-4-5-6-7-11-14-16-12-9-8-10-13(15(12)17-14)21(18,19)20;/h2*8-10,14,16-17H,2-7,11H2,1H3,(H,18,19,20);/q;;+2/p-2. The topological polar surface area (TPSA) is 163 Å². The summed E-state index contributed by atoms with van der Waals surface area (Å²) in [5, 5.41) is 12.7. The number of rotatable bonds is 16. The maximum Gasteiger partial charge on any atom is 2.00 e. The van der Waals surface area contributed by atoms with Gasteiger partial charge in [0.05, 0.1) is 44.9 Å². The van der Waals surface area contributed by atoms with E-state index in [1.54, 1.807) is 24.3 Å². The van der Waals surface area contributed by atoms with E-state index < -0.39 is 20.2 Å². The molecule has 0 saturated carbocycles. The fourth-order valence-electron chi connectivity index (χ4n) is 5.36. The van der Waals surface area contributed by atoms with Crippen LogP contribution in [0.2, 0.25) is 0 Å². The molecule has 0 spiro atoms. The minimum absolute atomic E-state index is 0. The molecule has 0 aromatic heterocycles. The van der Waals surface area contributed by atoms with Crippen LogP contribution in [0.25, 0.3) is 0 Å². The summed E-state index contributed by atoms with van der Waals surface area (Å²) < 4.78 is 67.4. The van der Waals surface area contributed by atoms with Gasteiger partial charge in [0.2, 0.25) is 0 Å². The zero-order chi connectivity index (χ0) is 30.6. The van der Waals surface area contributed by atoms with E-state index in [9.17, 15) is 25.9 Å². The second-order valence-corrected chi connectivity index (χ2v) is 13.8. The molecule has 2 aliphatic rings. The molecule has 2 aromatic rings. The first-order chi connectivity index (χ1) is 20.0. The van der Waals surface area contributed by atoms with Crippen molar-refractivity contribution in [3.63, 3.8) is 0 Å². The van der Waals surface area contributed by atoms with E-state index in [-0.39, 0.29) is 59.9 Å². The van der Waals surface area contributed by atoms with E-state index in [0.29, 0.717) is 22.7 Å². The summed E-state index contributed by atoms with van der Waals surface area (Å²) in [6.07, 6.45) is 16.5. The average molecular weight is 663 g/mol. The van der Waals surface area contributed by atoms with Crippen LogP contribution in [0.4, 0.5) is 22.7 Å². The molecule has 2 heterocycles. The third-order valence-electron chi connectivity index (χ3n) is 7.58. The Morgan fingerprint density at radius 2 is 0.907 bits per heavy atom. The van der Waals surface area contributed by atoms with Crippen LogP contribution in [0.1, 0.15) is 104 Å². The zero-order valence-corrected chi connectivity index (χ0v) is 29.3. The van der Waals surface area contributed by atoms with Crippen molar-refractivity contribution in [2.45, 2.75) is 126 Å². The van der Waals surface area contributed by atoms with Gasteiger partial charge >= 0.3 is 37.7 Å².